The average molecular weight is 340 g/mol. The number of rotatable bonds is 3. The van der Waals surface area contributed by atoms with Gasteiger partial charge < -0.3 is 9.15 Å². The highest BCUT2D eigenvalue weighted by Crippen LogP contribution is 2.26. The number of morpholine rings is 1. The first kappa shape index (κ1) is 16.2. The normalized spacial score (nSPS) is 23.4. The molecule has 0 spiro atoms. The molecule has 0 aliphatic carbocycles. The van der Waals surface area contributed by atoms with Gasteiger partial charge in [-0.25, -0.2) is 13.2 Å². The molecule has 0 radical (unpaired) electrons. The summed E-state index contributed by atoms with van der Waals surface area (Å²) in [6, 6.07) is 4.08. The van der Waals surface area contributed by atoms with Gasteiger partial charge in [0.1, 0.15) is 0 Å². The Morgan fingerprint density at radius 3 is 2.48 bits per heavy atom. The Balaban J connectivity index is 2.10. The molecule has 0 bridgehead atoms. The first-order chi connectivity index (χ1) is 10.9. The molecule has 0 N–H and O–H groups in total. The van der Waals surface area contributed by atoms with E-state index in [1.807, 2.05) is 20.8 Å². The largest absolute Gasteiger partial charge is 0.419 e. The molecule has 126 valence electrons. The van der Waals surface area contributed by atoms with Gasteiger partial charge in [-0.05, 0) is 32.9 Å². The van der Waals surface area contributed by atoms with Gasteiger partial charge in [0.25, 0.3) is 0 Å². The zero-order chi connectivity index (χ0) is 16.8. The van der Waals surface area contributed by atoms with Crippen LogP contribution in [-0.4, -0.2) is 42.6 Å². The van der Waals surface area contributed by atoms with Crippen LogP contribution >= 0.6 is 0 Å². The van der Waals surface area contributed by atoms with Crippen molar-refractivity contribution in [2.75, 3.05) is 13.2 Å². The third-order valence-electron chi connectivity index (χ3n) is 4.12. The van der Waals surface area contributed by atoms with Crippen LogP contribution in [0, 0.1) is 0 Å². The van der Waals surface area contributed by atoms with Crippen molar-refractivity contribution in [2.24, 2.45) is 0 Å². The molecule has 0 saturated carbocycles. The van der Waals surface area contributed by atoms with E-state index in [1.165, 1.54) is 21.0 Å². The highest BCUT2D eigenvalue weighted by Gasteiger charge is 2.36. The van der Waals surface area contributed by atoms with Crippen LogP contribution in [0.25, 0.3) is 11.1 Å². The minimum atomic E-state index is -3.68. The first-order valence-corrected chi connectivity index (χ1v) is 9.05. The Bertz CT molecular complexity index is 873. The van der Waals surface area contributed by atoms with E-state index in [9.17, 15) is 13.2 Å². The van der Waals surface area contributed by atoms with Crippen molar-refractivity contribution in [1.82, 2.24) is 8.87 Å². The topological polar surface area (TPSA) is 81.8 Å². The predicted octanol–water partition coefficient (Wildman–Crippen LogP) is 1.41. The van der Waals surface area contributed by atoms with Gasteiger partial charge in [-0.2, -0.15) is 4.31 Å². The molecular formula is C15H20N2O5S. The van der Waals surface area contributed by atoms with Crippen LogP contribution in [0.2, 0.25) is 0 Å². The molecule has 2 atom stereocenters. The van der Waals surface area contributed by atoms with Gasteiger partial charge in [0.05, 0.1) is 23.6 Å². The lowest BCUT2D eigenvalue weighted by Crippen LogP contribution is -2.52. The molecule has 2 unspecified atom stereocenters. The Kier molecular flexibility index (Phi) is 4.07. The maximum absolute atomic E-state index is 13.0. The van der Waals surface area contributed by atoms with Crippen molar-refractivity contribution in [3.05, 3.63) is 28.7 Å². The average Bonchev–Trinajstić information content (AvgIpc) is 2.80. The summed E-state index contributed by atoms with van der Waals surface area (Å²) in [6.45, 7) is 6.67. The van der Waals surface area contributed by atoms with Gasteiger partial charge in [0, 0.05) is 24.7 Å². The number of sulfonamides is 1. The summed E-state index contributed by atoms with van der Waals surface area (Å²) < 4.78 is 39.4. The van der Waals surface area contributed by atoms with E-state index in [2.05, 4.69) is 0 Å². The Labute approximate surface area is 134 Å². The number of benzene rings is 1. The van der Waals surface area contributed by atoms with Crippen molar-refractivity contribution in [1.29, 1.82) is 0 Å². The van der Waals surface area contributed by atoms with E-state index in [0.717, 1.165) is 0 Å². The summed E-state index contributed by atoms with van der Waals surface area (Å²) in [5.74, 6) is -0.481. The summed E-state index contributed by atoms with van der Waals surface area (Å²) in [5.41, 5.74) is 0.881. The smallest absolute Gasteiger partial charge is 0.408 e. The maximum Gasteiger partial charge on any atom is 0.419 e. The number of aromatic nitrogens is 1. The van der Waals surface area contributed by atoms with Gasteiger partial charge in [-0.1, -0.05) is 0 Å². The first-order valence-electron chi connectivity index (χ1n) is 7.61. The molecule has 0 amide bonds. The van der Waals surface area contributed by atoms with Crippen LogP contribution in [0.3, 0.4) is 0 Å². The number of oxazole rings is 1. The van der Waals surface area contributed by atoms with E-state index in [0.29, 0.717) is 25.3 Å². The summed E-state index contributed by atoms with van der Waals surface area (Å²) in [7, 11) is -3.68. The molecule has 8 heteroatoms. The molecule has 7 nitrogen and oxygen atoms in total. The lowest BCUT2D eigenvalue weighted by atomic mass is 10.2. The minimum absolute atomic E-state index is 0.127. The Hall–Kier alpha value is -1.64. The van der Waals surface area contributed by atoms with E-state index >= 15 is 0 Å². The van der Waals surface area contributed by atoms with Crippen LogP contribution in [0.15, 0.2) is 32.3 Å². The van der Waals surface area contributed by atoms with Crippen LogP contribution in [0.4, 0.5) is 0 Å². The van der Waals surface area contributed by atoms with Gasteiger partial charge in [0.2, 0.25) is 10.0 Å². The standard InChI is InChI=1S/C15H20N2O5S/c1-4-16-13-6-5-12(7-14(13)22-15(16)18)23(19,20)17-10(2)8-21-9-11(17)3/h5-7,10-11H,4,8-9H2,1-3H3. The van der Waals surface area contributed by atoms with Crippen molar-refractivity contribution in [2.45, 2.75) is 44.3 Å². The van der Waals surface area contributed by atoms with Crippen molar-refractivity contribution >= 4 is 21.1 Å². The van der Waals surface area contributed by atoms with E-state index in [1.54, 1.807) is 6.07 Å². The van der Waals surface area contributed by atoms with Gasteiger partial charge in [-0.15, -0.1) is 0 Å². The fourth-order valence-corrected chi connectivity index (χ4v) is 4.90. The molecule has 1 aromatic heterocycles. The number of aryl methyl sites for hydroxylation is 1. The second kappa shape index (κ2) is 5.77. The predicted molar refractivity (Wildman–Crippen MR) is 84.9 cm³/mol. The van der Waals surface area contributed by atoms with Crippen molar-refractivity contribution in [3.8, 4) is 0 Å². The van der Waals surface area contributed by atoms with E-state index < -0.39 is 15.8 Å². The molecule has 2 aromatic rings. The molecule has 1 aliphatic heterocycles. The van der Waals surface area contributed by atoms with Crippen LogP contribution in [-0.2, 0) is 21.3 Å². The van der Waals surface area contributed by atoms with Crippen LogP contribution in [0.5, 0.6) is 0 Å². The SMILES string of the molecule is CCn1c(=O)oc2cc(S(=O)(=O)N3C(C)COCC3C)ccc21. The lowest BCUT2D eigenvalue weighted by molar-refractivity contribution is 0.00636. The molecule has 1 fully saturated rings. The van der Waals surface area contributed by atoms with Gasteiger partial charge in [0.15, 0.2) is 5.58 Å². The fraction of sp³-hybridized carbons (Fsp3) is 0.533. The van der Waals surface area contributed by atoms with E-state index in [4.69, 9.17) is 9.15 Å². The third-order valence-corrected chi connectivity index (χ3v) is 6.24. The van der Waals surface area contributed by atoms with Gasteiger partial charge >= 0.3 is 5.76 Å². The molecule has 1 aromatic carbocycles. The second-order valence-electron chi connectivity index (χ2n) is 5.81. The lowest BCUT2D eigenvalue weighted by Gasteiger charge is -2.37. The fourth-order valence-electron chi connectivity index (χ4n) is 3.09. The summed E-state index contributed by atoms with van der Waals surface area (Å²) in [6.07, 6.45) is 0. The number of fused-ring (bicyclic) bond motifs is 1. The Morgan fingerprint density at radius 1 is 1.22 bits per heavy atom. The summed E-state index contributed by atoms with van der Waals surface area (Å²) in [5, 5.41) is 0. The Morgan fingerprint density at radius 2 is 1.87 bits per heavy atom. The molecule has 1 saturated heterocycles. The molecule has 1 aliphatic rings. The van der Waals surface area contributed by atoms with E-state index in [-0.39, 0.29) is 22.6 Å². The molecule has 23 heavy (non-hydrogen) atoms. The zero-order valence-electron chi connectivity index (χ0n) is 13.4. The van der Waals surface area contributed by atoms with Crippen molar-refractivity contribution in [3.63, 3.8) is 0 Å². The summed E-state index contributed by atoms with van der Waals surface area (Å²) >= 11 is 0. The summed E-state index contributed by atoms with van der Waals surface area (Å²) in [4.78, 5) is 11.9. The highest BCUT2D eigenvalue weighted by molar-refractivity contribution is 7.89. The van der Waals surface area contributed by atoms with Crippen LogP contribution in [0.1, 0.15) is 20.8 Å². The van der Waals surface area contributed by atoms with Crippen molar-refractivity contribution < 1.29 is 17.6 Å². The van der Waals surface area contributed by atoms with Crippen LogP contribution < -0.4 is 5.76 Å². The number of hydrogen-bond acceptors (Lipinski definition) is 5. The minimum Gasteiger partial charge on any atom is -0.408 e. The third kappa shape index (κ3) is 2.60. The highest BCUT2D eigenvalue weighted by atomic mass is 32.2. The number of ether oxygens (including phenoxy) is 1. The molecule has 2 heterocycles. The number of nitrogens with zero attached hydrogens (tertiary/aromatic N) is 2. The van der Waals surface area contributed by atoms with Gasteiger partial charge in [-0.3, -0.25) is 4.57 Å². The maximum atomic E-state index is 13.0. The molecular weight excluding hydrogens is 320 g/mol. The molecule has 3 rings (SSSR count). The monoisotopic (exact) mass is 340 g/mol. The zero-order valence-corrected chi connectivity index (χ0v) is 14.2. The quantitative estimate of drug-likeness (QED) is 0.844. The second-order valence-corrected chi connectivity index (χ2v) is 7.66. The number of hydrogen-bond donors (Lipinski definition) is 0.